The maximum Gasteiger partial charge on any atom is 0.280 e. The van der Waals surface area contributed by atoms with Crippen molar-refractivity contribution >= 4 is 0 Å². The second-order valence-electron chi connectivity index (χ2n) is 4.01. The highest BCUT2D eigenvalue weighted by Crippen LogP contribution is 2.26. The van der Waals surface area contributed by atoms with Gasteiger partial charge in [0.2, 0.25) is 5.82 Å². The Bertz CT molecular complexity index is 724. The van der Waals surface area contributed by atoms with Crippen molar-refractivity contribution in [3.63, 3.8) is 0 Å². The number of aryl methyl sites for hydroxylation is 1. The topological polar surface area (TPSA) is 84.9 Å². The lowest BCUT2D eigenvalue weighted by Crippen LogP contribution is -1.87. The molecule has 19 heavy (non-hydrogen) atoms. The van der Waals surface area contributed by atoms with Gasteiger partial charge in [-0.25, -0.2) is 4.98 Å². The number of aromatic hydroxyl groups is 1. The Morgan fingerprint density at radius 1 is 1.16 bits per heavy atom. The van der Waals surface area contributed by atoms with E-state index in [1.54, 1.807) is 18.5 Å². The standard InChI is InChI=1S/C13H10N4O2/c1-8-4-6-14-9(7-8)12-16-13(19-17-12)11-10(18)3-2-5-15-11/h2-7,18H,1H3. The van der Waals surface area contributed by atoms with Crippen LogP contribution in [0.2, 0.25) is 0 Å². The number of rotatable bonds is 2. The summed E-state index contributed by atoms with van der Waals surface area (Å²) in [5.74, 6) is 0.523. The molecule has 6 heteroatoms. The van der Waals surface area contributed by atoms with Crippen LogP contribution in [0, 0.1) is 6.92 Å². The zero-order valence-corrected chi connectivity index (χ0v) is 10.1. The zero-order valence-electron chi connectivity index (χ0n) is 10.1. The molecule has 0 radical (unpaired) electrons. The minimum absolute atomic E-state index is 0.00472. The summed E-state index contributed by atoms with van der Waals surface area (Å²) in [6.45, 7) is 1.96. The Hall–Kier alpha value is -2.76. The van der Waals surface area contributed by atoms with Crippen molar-refractivity contribution in [3.8, 4) is 28.9 Å². The average Bonchev–Trinajstić information content (AvgIpc) is 2.89. The van der Waals surface area contributed by atoms with E-state index in [9.17, 15) is 5.11 Å². The van der Waals surface area contributed by atoms with Gasteiger partial charge in [0, 0.05) is 12.4 Å². The van der Waals surface area contributed by atoms with Gasteiger partial charge in [0.15, 0.2) is 5.69 Å². The molecule has 0 aliphatic heterocycles. The fourth-order valence-corrected chi connectivity index (χ4v) is 1.64. The van der Waals surface area contributed by atoms with Crippen LogP contribution in [0.1, 0.15) is 5.56 Å². The van der Waals surface area contributed by atoms with Crippen LogP contribution >= 0.6 is 0 Å². The minimum Gasteiger partial charge on any atom is -0.505 e. The molecular formula is C13H10N4O2. The summed E-state index contributed by atoms with van der Waals surface area (Å²) in [5, 5.41) is 13.5. The van der Waals surface area contributed by atoms with Gasteiger partial charge in [-0.15, -0.1) is 0 Å². The third-order valence-electron chi connectivity index (χ3n) is 2.56. The van der Waals surface area contributed by atoms with Crippen molar-refractivity contribution in [2.45, 2.75) is 6.92 Å². The second-order valence-corrected chi connectivity index (χ2v) is 4.01. The average molecular weight is 254 g/mol. The molecule has 6 nitrogen and oxygen atoms in total. The third kappa shape index (κ3) is 2.15. The predicted molar refractivity (Wildman–Crippen MR) is 67.2 cm³/mol. The number of hydrogen-bond donors (Lipinski definition) is 1. The first-order valence-electron chi connectivity index (χ1n) is 5.65. The van der Waals surface area contributed by atoms with E-state index in [0.717, 1.165) is 5.56 Å². The van der Waals surface area contributed by atoms with Crippen LogP contribution in [0.25, 0.3) is 23.1 Å². The van der Waals surface area contributed by atoms with Crippen LogP contribution in [0.5, 0.6) is 5.75 Å². The highest BCUT2D eigenvalue weighted by Gasteiger charge is 2.15. The van der Waals surface area contributed by atoms with Gasteiger partial charge in [0.1, 0.15) is 11.4 Å². The van der Waals surface area contributed by atoms with Crippen LogP contribution in [0.4, 0.5) is 0 Å². The molecule has 3 heterocycles. The quantitative estimate of drug-likeness (QED) is 0.754. The fraction of sp³-hybridized carbons (Fsp3) is 0.0769. The van der Waals surface area contributed by atoms with Gasteiger partial charge in [-0.2, -0.15) is 4.98 Å². The first kappa shape index (κ1) is 11.3. The minimum atomic E-state index is -0.00472. The summed E-state index contributed by atoms with van der Waals surface area (Å²) in [6.07, 6.45) is 3.22. The molecule has 0 spiro atoms. The van der Waals surface area contributed by atoms with Crippen LogP contribution in [-0.4, -0.2) is 25.2 Å². The Morgan fingerprint density at radius 2 is 2.05 bits per heavy atom. The van der Waals surface area contributed by atoms with E-state index in [0.29, 0.717) is 11.5 Å². The van der Waals surface area contributed by atoms with Crippen LogP contribution < -0.4 is 0 Å². The summed E-state index contributed by atoms with van der Waals surface area (Å²) < 4.78 is 5.10. The van der Waals surface area contributed by atoms with Crippen molar-refractivity contribution in [3.05, 3.63) is 42.2 Å². The Labute approximate surface area is 108 Å². The summed E-state index contributed by atoms with van der Waals surface area (Å²) in [5.41, 5.74) is 1.93. The first-order chi connectivity index (χ1) is 9.24. The maximum absolute atomic E-state index is 9.68. The van der Waals surface area contributed by atoms with Crippen molar-refractivity contribution in [2.75, 3.05) is 0 Å². The Morgan fingerprint density at radius 3 is 2.84 bits per heavy atom. The van der Waals surface area contributed by atoms with Gasteiger partial charge < -0.3 is 9.63 Å². The molecule has 0 aliphatic carbocycles. The SMILES string of the molecule is Cc1ccnc(-c2noc(-c3ncccc3O)n2)c1. The molecular weight excluding hydrogens is 244 g/mol. The number of hydrogen-bond acceptors (Lipinski definition) is 6. The number of pyridine rings is 2. The van der Waals surface area contributed by atoms with Gasteiger partial charge in [0.25, 0.3) is 5.89 Å². The summed E-state index contributed by atoms with van der Waals surface area (Å²) in [4.78, 5) is 12.4. The summed E-state index contributed by atoms with van der Waals surface area (Å²) in [7, 11) is 0. The van der Waals surface area contributed by atoms with Gasteiger partial charge in [-0.1, -0.05) is 5.16 Å². The normalized spacial score (nSPS) is 10.6. The van der Waals surface area contributed by atoms with Gasteiger partial charge in [-0.05, 0) is 36.8 Å². The van der Waals surface area contributed by atoms with Crippen molar-refractivity contribution < 1.29 is 9.63 Å². The second kappa shape index (κ2) is 4.49. The molecule has 0 saturated carbocycles. The molecule has 0 amide bonds. The zero-order chi connectivity index (χ0) is 13.2. The van der Waals surface area contributed by atoms with Gasteiger partial charge in [0.05, 0.1) is 0 Å². The van der Waals surface area contributed by atoms with E-state index in [1.807, 2.05) is 19.1 Å². The maximum atomic E-state index is 9.68. The van der Waals surface area contributed by atoms with E-state index in [2.05, 4.69) is 20.1 Å². The van der Waals surface area contributed by atoms with E-state index in [-0.39, 0.29) is 17.3 Å². The summed E-state index contributed by atoms with van der Waals surface area (Å²) >= 11 is 0. The van der Waals surface area contributed by atoms with E-state index in [1.165, 1.54) is 6.07 Å². The summed E-state index contributed by atoms with van der Waals surface area (Å²) in [6, 6.07) is 6.87. The van der Waals surface area contributed by atoms with Crippen LogP contribution in [-0.2, 0) is 0 Å². The van der Waals surface area contributed by atoms with Crippen molar-refractivity contribution in [1.29, 1.82) is 0 Å². The molecule has 0 bridgehead atoms. The van der Waals surface area contributed by atoms with E-state index >= 15 is 0 Å². The van der Waals surface area contributed by atoms with Crippen LogP contribution in [0.15, 0.2) is 41.2 Å². The first-order valence-corrected chi connectivity index (χ1v) is 5.65. The molecule has 0 unspecified atom stereocenters. The number of nitrogens with zero attached hydrogens (tertiary/aromatic N) is 4. The predicted octanol–water partition coefficient (Wildman–Crippen LogP) is 2.21. The molecule has 3 rings (SSSR count). The lowest BCUT2D eigenvalue weighted by atomic mass is 10.2. The smallest absolute Gasteiger partial charge is 0.280 e. The van der Waals surface area contributed by atoms with Crippen LogP contribution in [0.3, 0.4) is 0 Å². The Kier molecular flexibility index (Phi) is 2.68. The molecule has 0 aliphatic rings. The highest BCUT2D eigenvalue weighted by atomic mass is 16.5. The van der Waals surface area contributed by atoms with Gasteiger partial charge in [-0.3, -0.25) is 4.98 Å². The largest absolute Gasteiger partial charge is 0.505 e. The van der Waals surface area contributed by atoms with E-state index in [4.69, 9.17) is 4.52 Å². The Balaban J connectivity index is 2.03. The molecule has 0 atom stereocenters. The molecule has 3 aromatic heterocycles. The fourth-order valence-electron chi connectivity index (χ4n) is 1.64. The highest BCUT2D eigenvalue weighted by molar-refractivity contribution is 5.59. The van der Waals surface area contributed by atoms with E-state index < -0.39 is 0 Å². The third-order valence-corrected chi connectivity index (χ3v) is 2.56. The molecule has 0 aromatic carbocycles. The molecule has 3 aromatic rings. The molecule has 94 valence electrons. The molecule has 0 saturated heterocycles. The molecule has 1 N–H and O–H groups in total. The number of aromatic nitrogens is 4. The monoisotopic (exact) mass is 254 g/mol. The molecule has 0 fully saturated rings. The van der Waals surface area contributed by atoms with Crippen molar-refractivity contribution in [1.82, 2.24) is 20.1 Å². The van der Waals surface area contributed by atoms with Crippen molar-refractivity contribution in [2.24, 2.45) is 0 Å². The lowest BCUT2D eigenvalue weighted by molar-refractivity contribution is 0.423. The van der Waals surface area contributed by atoms with Gasteiger partial charge >= 0.3 is 0 Å². The lowest BCUT2D eigenvalue weighted by Gasteiger charge is -1.96.